The molecule has 9 heteroatoms. The first-order valence-corrected chi connectivity index (χ1v) is 10.4. The summed E-state index contributed by atoms with van der Waals surface area (Å²) in [6.45, 7) is 0.319. The van der Waals surface area contributed by atoms with Gasteiger partial charge >= 0.3 is 6.18 Å². The first kappa shape index (κ1) is 22.7. The summed E-state index contributed by atoms with van der Waals surface area (Å²) in [4.78, 5) is 0. The fraction of sp³-hybridized carbons (Fsp3) is 0.0952. The number of alkyl halides is 3. The van der Waals surface area contributed by atoms with E-state index in [9.17, 15) is 13.2 Å². The molecule has 0 saturated heterocycles. The molecule has 156 valence electrons. The molecule has 0 amide bonds. The Morgan fingerprint density at radius 3 is 2.13 bits per heavy atom. The Labute approximate surface area is 195 Å². The zero-order valence-corrected chi connectivity index (χ0v) is 18.9. The molecule has 0 radical (unpaired) electrons. The first-order chi connectivity index (χ1) is 14.2. The molecule has 0 aliphatic carbocycles. The summed E-state index contributed by atoms with van der Waals surface area (Å²) in [6.07, 6.45) is -2.92. The average Bonchev–Trinajstić information content (AvgIpc) is 2.68. The largest absolute Gasteiger partial charge is 0.486 e. The number of hydrogen-bond donors (Lipinski definition) is 1. The first-order valence-electron chi connectivity index (χ1n) is 8.55. The van der Waals surface area contributed by atoms with Crippen LogP contribution in [0.3, 0.4) is 0 Å². The highest BCUT2D eigenvalue weighted by molar-refractivity contribution is 14.1. The lowest BCUT2D eigenvalue weighted by Crippen LogP contribution is -2.04. The number of anilines is 1. The second kappa shape index (κ2) is 9.89. The van der Waals surface area contributed by atoms with E-state index in [1.54, 1.807) is 12.1 Å². The third-order valence-electron chi connectivity index (χ3n) is 3.94. The smallest absolute Gasteiger partial charge is 0.416 e. The quantitative estimate of drug-likeness (QED) is 0.190. The van der Waals surface area contributed by atoms with Crippen LogP contribution >= 0.6 is 45.8 Å². The third-order valence-corrected chi connectivity index (χ3v) is 5.22. The summed E-state index contributed by atoms with van der Waals surface area (Å²) in [5.41, 5.74) is 3.93. The summed E-state index contributed by atoms with van der Waals surface area (Å²) in [5, 5.41) is 4.65. The van der Waals surface area contributed by atoms with Crippen molar-refractivity contribution in [3.8, 4) is 5.75 Å². The molecule has 30 heavy (non-hydrogen) atoms. The van der Waals surface area contributed by atoms with Crippen molar-refractivity contribution in [2.24, 2.45) is 5.10 Å². The van der Waals surface area contributed by atoms with Gasteiger partial charge in [-0.25, -0.2) is 0 Å². The topological polar surface area (TPSA) is 33.6 Å². The molecule has 0 aliphatic rings. The van der Waals surface area contributed by atoms with E-state index in [4.69, 9.17) is 27.9 Å². The van der Waals surface area contributed by atoms with Gasteiger partial charge in [-0.1, -0.05) is 35.3 Å². The van der Waals surface area contributed by atoms with Gasteiger partial charge < -0.3 is 4.74 Å². The number of nitrogens with one attached hydrogen (secondary N) is 1. The normalized spacial score (nSPS) is 11.7. The predicted molar refractivity (Wildman–Crippen MR) is 123 cm³/mol. The second-order valence-electron chi connectivity index (χ2n) is 6.17. The molecule has 3 aromatic carbocycles. The van der Waals surface area contributed by atoms with Gasteiger partial charge in [0, 0.05) is 3.57 Å². The molecule has 0 unspecified atom stereocenters. The molecule has 3 rings (SSSR count). The molecule has 0 heterocycles. The van der Waals surface area contributed by atoms with Crippen molar-refractivity contribution in [1.29, 1.82) is 0 Å². The Bertz CT molecular complexity index is 1020. The van der Waals surface area contributed by atoms with Gasteiger partial charge in [0.25, 0.3) is 0 Å². The highest BCUT2D eigenvalue weighted by Crippen LogP contribution is 2.34. The van der Waals surface area contributed by atoms with E-state index >= 15 is 0 Å². The van der Waals surface area contributed by atoms with Crippen molar-refractivity contribution in [2.45, 2.75) is 12.8 Å². The van der Waals surface area contributed by atoms with Gasteiger partial charge in [-0.15, -0.1) is 0 Å². The minimum atomic E-state index is -4.38. The average molecular weight is 565 g/mol. The Balaban J connectivity index is 1.63. The maximum Gasteiger partial charge on any atom is 0.416 e. The second-order valence-corrected chi connectivity index (χ2v) is 8.23. The Morgan fingerprint density at radius 2 is 1.57 bits per heavy atom. The van der Waals surface area contributed by atoms with Crippen LogP contribution in [0.1, 0.15) is 16.7 Å². The van der Waals surface area contributed by atoms with Crippen LogP contribution in [0.25, 0.3) is 0 Å². The number of ether oxygens (including phenoxy) is 1. The van der Waals surface area contributed by atoms with E-state index in [-0.39, 0.29) is 0 Å². The molecule has 0 aromatic heterocycles. The number of nitrogens with zero attached hydrogens (tertiary/aromatic N) is 1. The van der Waals surface area contributed by atoms with Crippen LogP contribution in [0.2, 0.25) is 10.0 Å². The summed E-state index contributed by atoms with van der Waals surface area (Å²) in [5.74, 6) is 0.365. The number of halogens is 6. The lowest BCUT2D eigenvalue weighted by atomic mass is 10.2. The Kier molecular flexibility index (Phi) is 7.49. The van der Waals surface area contributed by atoms with E-state index in [1.165, 1.54) is 18.3 Å². The molecular formula is C21H14Cl2F3IN2O. The summed E-state index contributed by atoms with van der Waals surface area (Å²) in [6, 6.07) is 15.7. The highest BCUT2D eigenvalue weighted by Gasteiger charge is 2.29. The van der Waals surface area contributed by atoms with Gasteiger partial charge in [0.1, 0.15) is 6.61 Å². The van der Waals surface area contributed by atoms with Crippen LogP contribution < -0.4 is 10.2 Å². The van der Waals surface area contributed by atoms with Crippen molar-refractivity contribution in [1.82, 2.24) is 0 Å². The summed E-state index contributed by atoms with van der Waals surface area (Å²) in [7, 11) is 0. The Morgan fingerprint density at radius 1 is 0.967 bits per heavy atom. The lowest BCUT2D eigenvalue weighted by molar-refractivity contribution is -0.137. The molecule has 0 saturated carbocycles. The maximum atomic E-state index is 12.6. The third kappa shape index (κ3) is 6.26. The molecule has 1 N–H and O–H groups in total. The highest BCUT2D eigenvalue weighted by atomic mass is 127. The minimum absolute atomic E-state index is 0.319. The molecule has 0 atom stereocenters. The van der Waals surface area contributed by atoms with Gasteiger partial charge in [-0.05, 0) is 82.2 Å². The zero-order chi connectivity index (χ0) is 21.7. The minimum Gasteiger partial charge on any atom is -0.486 e. The van der Waals surface area contributed by atoms with Gasteiger partial charge in [0.05, 0.1) is 27.5 Å². The zero-order valence-electron chi connectivity index (χ0n) is 15.2. The molecule has 0 aliphatic heterocycles. The summed E-state index contributed by atoms with van der Waals surface area (Å²) < 4.78 is 44.6. The predicted octanol–water partition coefficient (Wildman–Crippen LogP) is 7.64. The van der Waals surface area contributed by atoms with Crippen molar-refractivity contribution >= 4 is 57.7 Å². The van der Waals surface area contributed by atoms with Crippen LogP contribution in [0, 0.1) is 3.57 Å². The number of benzene rings is 3. The van der Waals surface area contributed by atoms with Gasteiger partial charge in [0.15, 0.2) is 5.75 Å². The van der Waals surface area contributed by atoms with Gasteiger partial charge in [-0.2, -0.15) is 18.3 Å². The fourth-order valence-corrected chi connectivity index (χ4v) is 3.42. The number of rotatable bonds is 6. The monoisotopic (exact) mass is 564 g/mol. The van der Waals surface area contributed by atoms with Crippen LogP contribution in [-0.4, -0.2) is 6.21 Å². The van der Waals surface area contributed by atoms with Crippen molar-refractivity contribution < 1.29 is 17.9 Å². The molecule has 0 spiro atoms. The van der Waals surface area contributed by atoms with Crippen LogP contribution in [-0.2, 0) is 12.8 Å². The maximum absolute atomic E-state index is 12.6. The SMILES string of the molecule is FC(F)(F)c1ccc(N/N=C/c2cc(Cl)c(OCc3ccc(I)cc3)c(Cl)c2)cc1. The number of hydrazone groups is 1. The Hall–Kier alpha value is -1.97. The molecule has 0 fully saturated rings. The van der Waals surface area contributed by atoms with Crippen LogP contribution in [0.15, 0.2) is 65.8 Å². The van der Waals surface area contributed by atoms with E-state index in [0.29, 0.717) is 33.7 Å². The lowest BCUT2D eigenvalue weighted by Gasteiger charge is -2.11. The van der Waals surface area contributed by atoms with Crippen LogP contribution in [0.4, 0.5) is 18.9 Å². The number of hydrogen-bond acceptors (Lipinski definition) is 3. The van der Waals surface area contributed by atoms with Crippen molar-refractivity contribution in [2.75, 3.05) is 5.43 Å². The summed E-state index contributed by atoms with van der Waals surface area (Å²) >= 11 is 14.8. The van der Waals surface area contributed by atoms with Crippen molar-refractivity contribution in [3.63, 3.8) is 0 Å². The van der Waals surface area contributed by atoms with Crippen molar-refractivity contribution in [3.05, 3.63) is 91.0 Å². The van der Waals surface area contributed by atoms with E-state index in [0.717, 1.165) is 21.3 Å². The fourth-order valence-electron chi connectivity index (χ4n) is 2.44. The van der Waals surface area contributed by atoms with Gasteiger partial charge in [0.2, 0.25) is 0 Å². The molecule has 3 nitrogen and oxygen atoms in total. The van der Waals surface area contributed by atoms with E-state index in [1.807, 2.05) is 24.3 Å². The van der Waals surface area contributed by atoms with Crippen LogP contribution in [0.5, 0.6) is 5.75 Å². The standard InChI is InChI=1S/C21H14Cl2F3IN2O/c22-18-9-14(11-28-29-17-7-3-15(4-8-17)21(24,25)26)10-19(23)20(18)30-12-13-1-5-16(27)6-2-13/h1-11,29H,12H2/b28-11+. The molecule has 3 aromatic rings. The van der Waals surface area contributed by atoms with E-state index < -0.39 is 11.7 Å². The molecular weight excluding hydrogens is 551 g/mol. The van der Waals surface area contributed by atoms with E-state index in [2.05, 4.69) is 33.1 Å². The molecule has 0 bridgehead atoms. The van der Waals surface area contributed by atoms with Gasteiger partial charge in [-0.3, -0.25) is 5.43 Å².